The van der Waals surface area contributed by atoms with E-state index in [-0.39, 0.29) is 0 Å². The first-order valence-corrected chi connectivity index (χ1v) is 7.07. The van der Waals surface area contributed by atoms with E-state index in [0.29, 0.717) is 0 Å². The first-order chi connectivity index (χ1) is 8.15. The highest BCUT2D eigenvalue weighted by atomic mass is 32.2. The highest BCUT2D eigenvalue weighted by Crippen LogP contribution is 2.51. The average Bonchev–Trinajstić information content (AvgIpc) is 2.36. The summed E-state index contributed by atoms with van der Waals surface area (Å²) in [4.78, 5) is -4.00. The number of benzene rings is 1. The zero-order valence-electron chi connectivity index (χ0n) is 7.31. The molecule has 1 aromatic rings. The van der Waals surface area contributed by atoms with Crippen LogP contribution in [-0.2, 0) is 0 Å². The molecule has 0 unspecified atom stereocenters. The Labute approximate surface area is 115 Å². The minimum absolute atomic E-state index is 0.609. The molecule has 0 aliphatic heterocycles. The van der Waals surface area contributed by atoms with E-state index in [2.05, 4.69) is 0 Å². The fraction of sp³-hybridized carbons (Fsp3) is 0. The van der Waals surface area contributed by atoms with E-state index >= 15 is 0 Å². The van der Waals surface area contributed by atoms with Crippen molar-refractivity contribution in [1.29, 1.82) is 0 Å². The van der Waals surface area contributed by atoms with Crippen LogP contribution in [0.4, 0.5) is 23.8 Å². The van der Waals surface area contributed by atoms with Crippen molar-refractivity contribution in [2.75, 3.05) is 0 Å². The van der Waals surface area contributed by atoms with Crippen molar-refractivity contribution in [2.24, 2.45) is 0 Å². The lowest BCUT2D eigenvalue weighted by molar-refractivity contribution is 0.543. The first kappa shape index (κ1) is 15.6. The molecule has 0 N–H and O–H groups in total. The fourth-order valence-electron chi connectivity index (χ4n) is 0.960. The second kappa shape index (κ2) is 7.22. The van der Waals surface area contributed by atoms with Gasteiger partial charge >= 0.3 is 0 Å². The molecule has 0 fully saturated rings. The van der Waals surface area contributed by atoms with Crippen LogP contribution in [0.1, 0.15) is 0 Å². The van der Waals surface area contributed by atoms with Gasteiger partial charge in [-0.25, -0.2) is 4.39 Å². The molecule has 0 saturated heterocycles. The third-order valence-electron chi connectivity index (χ3n) is 1.61. The Kier molecular flexibility index (Phi) is 6.62. The smallest absolute Gasteiger partial charge is 0.158 e. The fourth-order valence-corrected chi connectivity index (χ4v) is 3.67. The Morgan fingerprint density at radius 1 is 0.471 bits per heavy atom. The Hall–Kier alpha value is 0.550. The maximum absolute atomic E-state index is 13.5. The van der Waals surface area contributed by atoms with Crippen LogP contribution < -0.4 is 0 Å². The molecule has 0 heterocycles. The molecule has 0 nitrogen and oxygen atoms in total. The van der Waals surface area contributed by atoms with Crippen molar-refractivity contribution in [3.05, 3.63) is 5.82 Å². The van der Waals surface area contributed by atoms with E-state index in [1.54, 1.807) is 0 Å². The zero-order valence-corrected chi connectivity index (χ0v) is 11.4. The lowest BCUT2D eigenvalue weighted by Gasteiger charge is -2.12. The average molecular weight is 346 g/mol. The standard InChI is InChI=1S/C6F6S5/c7-1-2(13-8)4(15-10)6(17-12)5(16-11)3(1)14-9. The summed E-state index contributed by atoms with van der Waals surface area (Å²) in [6, 6.07) is 0. The Balaban J connectivity index is 3.66. The molecule has 1 rings (SSSR count). The highest BCUT2D eigenvalue weighted by Gasteiger charge is 2.28. The molecule has 0 aliphatic carbocycles. The van der Waals surface area contributed by atoms with Gasteiger partial charge in [0, 0.05) is 0 Å². The van der Waals surface area contributed by atoms with Crippen LogP contribution in [0, 0.1) is 5.82 Å². The molecule has 0 radical (unpaired) electrons. The normalized spacial score (nSPS) is 10.9. The Morgan fingerprint density at radius 3 is 0.941 bits per heavy atom. The third-order valence-corrected chi connectivity index (χ3v) is 4.89. The summed E-state index contributed by atoms with van der Waals surface area (Å²) in [6.07, 6.45) is 0. The van der Waals surface area contributed by atoms with Gasteiger partial charge in [-0.2, -0.15) is 19.4 Å². The van der Waals surface area contributed by atoms with Crippen molar-refractivity contribution in [2.45, 2.75) is 24.5 Å². The molecule has 0 bridgehead atoms. The minimum Gasteiger partial charge on any atom is -0.204 e. The molecule has 0 amide bonds. The molecule has 0 saturated carbocycles. The van der Waals surface area contributed by atoms with Crippen molar-refractivity contribution in [3.63, 3.8) is 0 Å². The number of hydrogen-bond acceptors (Lipinski definition) is 5. The quantitative estimate of drug-likeness (QED) is 0.542. The third kappa shape index (κ3) is 2.94. The van der Waals surface area contributed by atoms with Gasteiger partial charge in [0.1, 0.15) is 0 Å². The largest absolute Gasteiger partial charge is 0.204 e. The molecule has 0 atom stereocenters. The lowest BCUT2D eigenvalue weighted by Crippen LogP contribution is -1.93. The van der Waals surface area contributed by atoms with E-state index in [1.165, 1.54) is 0 Å². The second-order valence-corrected chi connectivity index (χ2v) is 5.16. The molecule has 0 aromatic heterocycles. The lowest BCUT2D eigenvalue weighted by atomic mass is 10.3. The summed E-state index contributed by atoms with van der Waals surface area (Å²) < 4.78 is 75.9. The SMILES string of the molecule is FSc1c(F)c(SF)c(SF)c(SF)c1SF. The molecule has 1 aromatic carbocycles. The number of rotatable bonds is 5. The summed E-state index contributed by atoms with van der Waals surface area (Å²) in [7, 11) is 0. The van der Waals surface area contributed by atoms with Crippen molar-refractivity contribution >= 4 is 60.7 Å². The van der Waals surface area contributed by atoms with Crippen LogP contribution in [0.3, 0.4) is 0 Å². The van der Waals surface area contributed by atoms with E-state index < -0.39 is 91.0 Å². The van der Waals surface area contributed by atoms with E-state index in [9.17, 15) is 23.8 Å². The highest BCUT2D eigenvalue weighted by molar-refractivity contribution is 8.00. The van der Waals surface area contributed by atoms with Crippen LogP contribution >= 0.6 is 60.7 Å². The second-order valence-electron chi connectivity index (χ2n) is 2.35. The molecule has 0 aliphatic rings. The van der Waals surface area contributed by atoms with Crippen LogP contribution in [0.5, 0.6) is 0 Å². The van der Waals surface area contributed by atoms with Crippen molar-refractivity contribution < 1.29 is 23.8 Å². The number of hydrogen-bond donors (Lipinski definition) is 0. The van der Waals surface area contributed by atoms with Gasteiger partial charge in [0.25, 0.3) is 0 Å². The molecular formula is C6F6S5. The van der Waals surface area contributed by atoms with Gasteiger partial charge in [-0.3, -0.25) is 0 Å². The predicted molar refractivity (Wildman–Crippen MR) is 61.2 cm³/mol. The van der Waals surface area contributed by atoms with Gasteiger partial charge < -0.3 is 0 Å². The maximum atomic E-state index is 13.5. The van der Waals surface area contributed by atoms with Crippen molar-refractivity contribution in [3.8, 4) is 0 Å². The molecular weight excluding hydrogens is 346 g/mol. The summed E-state index contributed by atoms with van der Waals surface area (Å²) in [5.41, 5.74) is 0. The molecule has 17 heavy (non-hydrogen) atoms. The van der Waals surface area contributed by atoms with Gasteiger partial charge in [0.15, 0.2) is 5.82 Å². The predicted octanol–water partition coefficient (Wildman–Crippen LogP) is 6.71. The maximum Gasteiger partial charge on any atom is 0.158 e. The van der Waals surface area contributed by atoms with Gasteiger partial charge in [0.05, 0.1) is 85.2 Å². The topological polar surface area (TPSA) is 0 Å². The van der Waals surface area contributed by atoms with Crippen LogP contribution in [-0.4, -0.2) is 0 Å². The summed E-state index contributed by atoms with van der Waals surface area (Å²) in [5, 5.41) is 0. The monoisotopic (exact) mass is 346 g/mol. The van der Waals surface area contributed by atoms with Gasteiger partial charge in [-0.05, 0) is 0 Å². The van der Waals surface area contributed by atoms with Crippen LogP contribution in [0.2, 0.25) is 0 Å². The first-order valence-electron chi connectivity index (χ1n) is 3.48. The van der Waals surface area contributed by atoms with E-state index in [1.807, 2.05) is 0 Å². The molecule has 96 valence electrons. The van der Waals surface area contributed by atoms with Crippen LogP contribution in [0.15, 0.2) is 24.5 Å². The van der Waals surface area contributed by atoms with Gasteiger partial charge in [0.2, 0.25) is 0 Å². The van der Waals surface area contributed by atoms with E-state index in [4.69, 9.17) is 0 Å². The summed E-state index contributed by atoms with van der Waals surface area (Å²) in [6.45, 7) is 0. The summed E-state index contributed by atoms with van der Waals surface area (Å²) in [5.74, 6) is -1.46. The summed E-state index contributed by atoms with van der Waals surface area (Å²) >= 11 is -3.29. The zero-order chi connectivity index (χ0) is 13.0. The van der Waals surface area contributed by atoms with Crippen molar-refractivity contribution in [1.82, 2.24) is 0 Å². The van der Waals surface area contributed by atoms with Gasteiger partial charge in [-0.15, -0.1) is 0 Å². The molecule has 11 heteroatoms. The molecule has 0 spiro atoms. The van der Waals surface area contributed by atoms with Gasteiger partial charge in [-0.1, -0.05) is 0 Å². The van der Waals surface area contributed by atoms with E-state index in [0.717, 1.165) is 0 Å². The minimum atomic E-state index is -1.46. The number of halogens is 6. The Morgan fingerprint density at radius 2 is 0.706 bits per heavy atom. The van der Waals surface area contributed by atoms with Crippen LogP contribution in [0.25, 0.3) is 0 Å². The Bertz CT molecular complexity index is 379.